The van der Waals surface area contributed by atoms with E-state index in [9.17, 15) is 0 Å². The number of nitrogen functional groups attached to an aromatic ring is 2. The summed E-state index contributed by atoms with van der Waals surface area (Å²) in [7, 11) is 0. The second kappa shape index (κ2) is 6.47. The Bertz CT molecular complexity index is 887. The summed E-state index contributed by atoms with van der Waals surface area (Å²) in [5.41, 5.74) is 14.2. The maximum atomic E-state index is 5.90. The van der Waals surface area contributed by atoms with Gasteiger partial charge in [-0.3, -0.25) is 0 Å². The van der Waals surface area contributed by atoms with Gasteiger partial charge in [0, 0.05) is 12.5 Å². The molecule has 3 aromatic rings. The molecule has 0 saturated heterocycles. The van der Waals surface area contributed by atoms with Crippen LogP contribution in [0.2, 0.25) is 0 Å². The van der Waals surface area contributed by atoms with Gasteiger partial charge in [0.25, 0.3) is 0 Å². The third-order valence-corrected chi connectivity index (χ3v) is 4.24. The molecule has 128 valence electrons. The van der Waals surface area contributed by atoms with Gasteiger partial charge in [-0.1, -0.05) is 17.3 Å². The molecule has 4 rings (SSSR count). The molecular weight excluding hydrogens is 316 g/mol. The highest BCUT2D eigenvalue weighted by Crippen LogP contribution is 2.30. The summed E-state index contributed by atoms with van der Waals surface area (Å²) in [6, 6.07) is 13.4. The van der Waals surface area contributed by atoms with E-state index in [4.69, 9.17) is 20.7 Å². The third-order valence-electron chi connectivity index (χ3n) is 4.24. The summed E-state index contributed by atoms with van der Waals surface area (Å²) in [6.45, 7) is 0.807. The number of ether oxygens (including phenoxy) is 1. The molecule has 1 aliphatic rings. The van der Waals surface area contributed by atoms with Gasteiger partial charge < -0.3 is 20.7 Å². The molecule has 0 amide bonds. The van der Waals surface area contributed by atoms with Crippen LogP contribution in [0.4, 0.5) is 11.6 Å². The van der Waals surface area contributed by atoms with Gasteiger partial charge in [-0.05, 0) is 48.6 Å². The lowest BCUT2D eigenvalue weighted by atomic mass is 10.1. The van der Waals surface area contributed by atoms with E-state index in [1.807, 2.05) is 18.2 Å². The summed E-state index contributed by atoms with van der Waals surface area (Å²) < 4.78 is 11.2. The first kappa shape index (κ1) is 15.5. The van der Waals surface area contributed by atoms with Crippen LogP contribution in [-0.2, 0) is 6.42 Å². The van der Waals surface area contributed by atoms with Crippen LogP contribution in [0.3, 0.4) is 0 Å². The van der Waals surface area contributed by atoms with Crippen molar-refractivity contribution in [3.05, 3.63) is 53.7 Å². The van der Waals surface area contributed by atoms with Crippen LogP contribution in [-0.4, -0.2) is 16.7 Å². The number of aromatic nitrogens is 2. The van der Waals surface area contributed by atoms with Crippen molar-refractivity contribution in [1.82, 2.24) is 10.1 Å². The van der Waals surface area contributed by atoms with Crippen molar-refractivity contribution in [1.29, 1.82) is 0 Å². The van der Waals surface area contributed by atoms with Crippen LogP contribution in [0.5, 0.6) is 5.75 Å². The Morgan fingerprint density at radius 1 is 1.12 bits per heavy atom. The number of benzene rings is 1. The van der Waals surface area contributed by atoms with Crippen molar-refractivity contribution in [3.8, 4) is 17.1 Å². The largest absolute Gasteiger partial charge is 0.493 e. The molecule has 0 radical (unpaired) electrons. The molecule has 0 bridgehead atoms. The number of rotatable bonds is 6. The number of anilines is 2. The minimum absolute atomic E-state index is 0.332. The first-order chi connectivity index (χ1) is 12.2. The number of nitrogens with two attached hydrogens (primary N) is 2. The van der Waals surface area contributed by atoms with Crippen LogP contribution in [0, 0.1) is 5.92 Å². The number of hydrogen-bond donors (Lipinski definition) is 2. The van der Waals surface area contributed by atoms with E-state index < -0.39 is 0 Å². The highest BCUT2D eigenvalue weighted by molar-refractivity contribution is 5.71. The van der Waals surface area contributed by atoms with Crippen molar-refractivity contribution in [2.24, 2.45) is 5.92 Å². The molecule has 0 atom stereocenters. The van der Waals surface area contributed by atoms with E-state index >= 15 is 0 Å². The number of pyridine rings is 1. The molecule has 0 unspecified atom stereocenters. The Morgan fingerprint density at radius 2 is 2.00 bits per heavy atom. The van der Waals surface area contributed by atoms with Gasteiger partial charge >= 0.3 is 0 Å². The summed E-state index contributed by atoms with van der Waals surface area (Å²) in [5.74, 6) is 2.93. The SMILES string of the molecule is Nc1ccc(-c2cc(Cc3cccc(OCC4CC4)c3)no2)c(N)n1. The quantitative estimate of drug-likeness (QED) is 0.716. The predicted molar refractivity (Wildman–Crippen MR) is 96.0 cm³/mol. The van der Waals surface area contributed by atoms with Crippen molar-refractivity contribution in [2.75, 3.05) is 18.1 Å². The molecule has 1 fully saturated rings. The minimum Gasteiger partial charge on any atom is -0.493 e. The Hall–Kier alpha value is -3.02. The highest BCUT2D eigenvalue weighted by Gasteiger charge is 2.21. The van der Waals surface area contributed by atoms with E-state index in [1.54, 1.807) is 12.1 Å². The standard InChI is InChI=1S/C19H20N4O2/c20-18-7-6-16(19(21)22-18)17-10-14(23-25-17)8-13-2-1-3-15(9-13)24-11-12-4-5-12/h1-3,6-7,9-10,12H,4-5,8,11H2,(H4,20,21,22). The van der Waals surface area contributed by atoms with E-state index in [1.165, 1.54) is 12.8 Å². The summed E-state index contributed by atoms with van der Waals surface area (Å²) in [4.78, 5) is 4.05. The molecule has 1 aliphatic carbocycles. The van der Waals surface area contributed by atoms with Crippen LogP contribution in [0.1, 0.15) is 24.1 Å². The highest BCUT2D eigenvalue weighted by atomic mass is 16.5. The lowest BCUT2D eigenvalue weighted by molar-refractivity contribution is 0.299. The fourth-order valence-corrected chi connectivity index (χ4v) is 2.67. The number of hydrogen-bond acceptors (Lipinski definition) is 6. The molecule has 0 aliphatic heterocycles. The maximum Gasteiger partial charge on any atom is 0.170 e. The molecule has 1 saturated carbocycles. The zero-order valence-electron chi connectivity index (χ0n) is 13.8. The smallest absolute Gasteiger partial charge is 0.170 e. The molecule has 0 spiro atoms. The molecule has 4 N–H and O–H groups in total. The summed E-state index contributed by atoms with van der Waals surface area (Å²) in [5, 5.41) is 4.13. The average Bonchev–Trinajstić information content (AvgIpc) is 3.32. The van der Waals surface area contributed by atoms with Gasteiger partial charge in [0.2, 0.25) is 0 Å². The Kier molecular flexibility index (Phi) is 4.01. The van der Waals surface area contributed by atoms with Gasteiger partial charge in [0.1, 0.15) is 17.4 Å². The average molecular weight is 336 g/mol. The molecule has 6 nitrogen and oxygen atoms in total. The van der Waals surface area contributed by atoms with E-state index in [-0.39, 0.29) is 0 Å². The zero-order valence-corrected chi connectivity index (χ0v) is 13.8. The van der Waals surface area contributed by atoms with Crippen molar-refractivity contribution < 1.29 is 9.26 Å². The molecule has 6 heteroatoms. The normalized spacial score (nSPS) is 13.8. The number of nitrogens with zero attached hydrogens (tertiary/aromatic N) is 2. The monoisotopic (exact) mass is 336 g/mol. The van der Waals surface area contributed by atoms with Crippen molar-refractivity contribution in [2.45, 2.75) is 19.3 Å². The van der Waals surface area contributed by atoms with Gasteiger partial charge in [-0.25, -0.2) is 4.98 Å². The van der Waals surface area contributed by atoms with Gasteiger partial charge in [-0.15, -0.1) is 0 Å². The topological polar surface area (TPSA) is 100 Å². The van der Waals surface area contributed by atoms with E-state index in [0.29, 0.717) is 29.4 Å². The lowest BCUT2D eigenvalue weighted by Gasteiger charge is -2.06. The fourth-order valence-electron chi connectivity index (χ4n) is 2.67. The molecular formula is C19H20N4O2. The lowest BCUT2D eigenvalue weighted by Crippen LogP contribution is -1.99. The summed E-state index contributed by atoms with van der Waals surface area (Å²) >= 11 is 0. The first-order valence-electron chi connectivity index (χ1n) is 8.37. The molecule has 2 aromatic heterocycles. The Balaban J connectivity index is 1.48. The van der Waals surface area contributed by atoms with Crippen molar-refractivity contribution >= 4 is 11.6 Å². The third kappa shape index (κ3) is 3.74. The Labute approximate surface area is 145 Å². The first-order valence-corrected chi connectivity index (χ1v) is 8.37. The second-order valence-electron chi connectivity index (χ2n) is 6.43. The van der Waals surface area contributed by atoms with Crippen LogP contribution < -0.4 is 16.2 Å². The second-order valence-corrected chi connectivity index (χ2v) is 6.43. The molecule has 25 heavy (non-hydrogen) atoms. The molecule has 1 aromatic carbocycles. The Morgan fingerprint density at radius 3 is 2.80 bits per heavy atom. The fraction of sp³-hybridized carbons (Fsp3) is 0.263. The maximum absolute atomic E-state index is 5.90. The van der Waals surface area contributed by atoms with Crippen LogP contribution in [0.15, 0.2) is 47.0 Å². The van der Waals surface area contributed by atoms with Crippen molar-refractivity contribution in [3.63, 3.8) is 0 Å². The van der Waals surface area contributed by atoms with Gasteiger partial charge in [-0.2, -0.15) is 0 Å². The molecule has 2 heterocycles. The van der Waals surface area contributed by atoms with Gasteiger partial charge in [0.15, 0.2) is 5.76 Å². The van der Waals surface area contributed by atoms with Crippen LogP contribution >= 0.6 is 0 Å². The predicted octanol–water partition coefficient (Wildman–Crippen LogP) is 3.28. The summed E-state index contributed by atoms with van der Waals surface area (Å²) in [6.07, 6.45) is 3.22. The van der Waals surface area contributed by atoms with E-state index in [0.717, 1.165) is 29.5 Å². The minimum atomic E-state index is 0.332. The van der Waals surface area contributed by atoms with Gasteiger partial charge in [0.05, 0.1) is 17.9 Å². The van der Waals surface area contributed by atoms with Crippen LogP contribution in [0.25, 0.3) is 11.3 Å². The zero-order chi connectivity index (χ0) is 17.2. The van der Waals surface area contributed by atoms with E-state index in [2.05, 4.69) is 22.3 Å².